The maximum absolute atomic E-state index is 14.0. The van der Waals surface area contributed by atoms with E-state index in [0.29, 0.717) is 5.69 Å². The van der Waals surface area contributed by atoms with E-state index in [-0.39, 0.29) is 11.4 Å². The predicted molar refractivity (Wildman–Crippen MR) is 77.5 cm³/mol. The van der Waals surface area contributed by atoms with Crippen LogP contribution in [-0.4, -0.2) is 32.2 Å². The predicted octanol–water partition coefficient (Wildman–Crippen LogP) is 1.24. The van der Waals surface area contributed by atoms with Crippen molar-refractivity contribution in [1.82, 2.24) is 14.5 Å². The Labute approximate surface area is 129 Å². The topological polar surface area (TPSA) is 97.1 Å². The van der Waals surface area contributed by atoms with E-state index in [1.165, 1.54) is 37.6 Å². The fourth-order valence-corrected chi connectivity index (χ4v) is 1.92. The molecule has 122 valence electrons. The summed E-state index contributed by atoms with van der Waals surface area (Å²) in [6.07, 6.45) is 3.73. The lowest BCUT2D eigenvalue weighted by Gasteiger charge is -2.18. The molecule has 0 unspecified atom stereocenters. The van der Waals surface area contributed by atoms with Gasteiger partial charge in [0.2, 0.25) is 0 Å². The van der Waals surface area contributed by atoms with Crippen LogP contribution in [0.3, 0.4) is 0 Å². The summed E-state index contributed by atoms with van der Waals surface area (Å²) < 4.78 is 29.0. The smallest absolute Gasteiger partial charge is 0.323 e. The molecule has 0 amide bonds. The molecule has 0 bridgehead atoms. The second-order valence-corrected chi connectivity index (χ2v) is 4.83. The molecule has 2 aromatic heterocycles. The summed E-state index contributed by atoms with van der Waals surface area (Å²) in [5, 5.41) is 11.1. The van der Waals surface area contributed by atoms with Crippen molar-refractivity contribution >= 4 is 11.8 Å². The van der Waals surface area contributed by atoms with E-state index >= 15 is 0 Å². The van der Waals surface area contributed by atoms with Crippen molar-refractivity contribution in [2.75, 3.05) is 11.9 Å². The number of pyridine rings is 1. The quantitative estimate of drug-likeness (QED) is 0.830. The lowest BCUT2D eigenvalue weighted by atomic mass is 10.1. The molecule has 2 rings (SSSR count). The van der Waals surface area contributed by atoms with E-state index in [1.807, 2.05) is 0 Å². The third-order valence-electron chi connectivity index (χ3n) is 3.13. The molecule has 0 saturated heterocycles. The molecule has 9 heteroatoms. The number of carboxylic acid groups (broad SMARTS) is 1. The highest BCUT2D eigenvalue weighted by Gasteiger charge is 2.31. The first-order chi connectivity index (χ1) is 10.8. The number of aryl methyl sites for hydroxylation is 1. The van der Waals surface area contributed by atoms with E-state index in [4.69, 9.17) is 5.11 Å². The Balaban J connectivity index is 2.21. The number of aliphatic carboxylic acids is 1. The first-order valence-electron chi connectivity index (χ1n) is 6.61. The number of hydrogen-bond acceptors (Lipinski definition) is 5. The highest BCUT2D eigenvalue weighted by molar-refractivity contribution is 5.66. The normalized spacial score (nSPS) is 11.3. The van der Waals surface area contributed by atoms with Crippen molar-refractivity contribution in [1.29, 1.82) is 0 Å². The molecule has 0 saturated carbocycles. The zero-order valence-electron chi connectivity index (χ0n) is 12.2. The Hall–Kier alpha value is -2.84. The molecule has 2 heterocycles. The van der Waals surface area contributed by atoms with Gasteiger partial charge in [-0.3, -0.25) is 19.1 Å². The van der Waals surface area contributed by atoms with Crippen molar-refractivity contribution in [3.63, 3.8) is 0 Å². The molecule has 0 aliphatic carbocycles. The first kappa shape index (κ1) is 16.5. The van der Waals surface area contributed by atoms with Crippen molar-refractivity contribution in [3.8, 4) is 0 Å². The van der Waals surface area contributed by atoms with Gasteiger partial charge in [0, 0.05) is 29.8 Å². The van der Waals surface area contributed by atoms with Gasteiger partial charge < -0.3 is 10.4 Å². The Bertz CT molecular complexity index is 762. The molecule has 0 aromatic carbocycles. The second-order valence-electron chi connectivity index (χ2n) is 4.83. The molecule has 0 aliphatic rings. The fourth-order valence-electron chi connectivity index (χ4n) is 1.92. The average molecular weight is 324 g/mol. The van der Waals surface area contributed by atoms with Crippen LogP contribution in [0.2, 0.25) is 0 Å². The Morgan fingerprint density at radius 1 is 1.39 bits per heavy atom. The number of aromatic nitrogens is 3. The molecule has 2 aromatic rings. The summed E-state index contributed by atoms with van der Waals surface area (Å²) in [5.41, 5.74) is -0.695. The number of carboxylic acids is 1. The zero-order chi connectivity index (χ0) is 17.0. The Morgan fingerprint density at radius 3 is 2.65 bits per heavy atom. The largest absolute Gasteiger partial charge is 0.480 e. The zero-order valence-corrected chi connectivity index (χ0v) is 12.2. The van der Waals surface area contributed by atoms with Crippen LogP contribution in [0.1, 0.15) is 11.3 Å². The van der Waals surface area contributed by atoms with Gasteiger partial charge in [-0.05, 0) is 19.1 Å². The molecule has 2 N–H and O–H groups in total. The SMILES string of the molecule is Cc1cnc(NCC(F)(F)c2ccncc2)c(=O)n1CC(=O)O. The molecule has 0 fully saturated rings. The van der Waals surface area contributed by atoms with Gasteiger partial charge in [0.25, 0.3) is 11.5 Å². The number of anilines is 1. The molecular weight excluding hydrogens is 310 g/mol. The highest BCUT2D eigenvalue weighted by Crippen LogP contribution is 2.27. The number of hydrogen-bond donors (Lipinski definition) is 2. The van der Waals surface area contributed by atoms with Crippen LogP contribution in [0.15, 0.2) is 35.5 Å². The van der Waals surface area contributed by atoms with Gasteiger partial charge in [-0.25, -0.2) is 4.98 Å². The summed E-state index contributed by atoms with van der Waals surface area (Å²) in [7, 11) is 0. The van der Waals surface area contributed by atoms with Crippen molar-refractivity contribution < 1.29 is 18.7 Å². The monoisotopic (exact) mass is 324 g/mol. The minimum absolute atomic E-state index is 0.252. The molecule has 23 heavy (non-hydrogen) atoms. The van der Waals surface area contributed by atoms with Gasteiger partial charge in [0.15, 0.2) is 5.82 Å². The molecule has 0 spiro atoms. The number of nitrogens with one attached hydrogen (secondary N) is 1. The standard InChI is InChI=1S/C14H14F2N4O3/c1-9-6-18-12(13(23)20(9)7-11(21)22)19-8-14(15,16)10-2-4-17-5-3-10/h2-6H,7-8H2,1H3,(H,18,19)(H,21,22). The molecule has 0 atom stereocenters. The van der Waals surface area contributed by atoms with E-state index in [1.54, 1.807) is 0 Å². The van der Waals surface area contributed by atoms with Crippen molar-refractivity contribution in [2.24, 2.45) is 0 Å². The van der Waals surface area contributed by atoms with Crippen LogP contribution < -0.4 is 10.9 Å². The van der Waals surface area contributed by atoms with Crippen LogP contribution >= 0.6 is 0 Å². The summed E-state index contributed by atoms with van der Waals surface area (Å²) in [6, 6.07) is 2.35. The van der Waals surface area contributed by atoms with E-state index in [9.17, 15) is 18.4 Å². The Kier molecular flexibility index (Phi) is 4.68. The van der Waals surface area contributed by atoms with Gasteiger partial charge in [-0.2, -0.15) is 8.78 Å². The summed E-state index contributed by atoms with van der Waals surface area (Å²) in [4.78, 5) is 30.3. The van der Waals surface area contributed by atoms with Crippen LogP contribution in [0.25, 0.3) is 0 Å². The maximum atomic E-state index is 14.0. The van der Waals surface area contributed by atoms with Crippen LogP contribution in [0, 0.1) is 6.92 Å². The van der Waals surface area contributed by atoms with E-state index < -0.39 is 30.5 Å². The van der Waals surface area contributed by atoms with Crippen molar-refractivity contribution in [3.05, 3.63) is 52.3 Å². The van der Waals surface area contributed by atoms with Gasteiger partial charge in [0.05, 0.1) is 6.54 Å². The third-order valence-corrected chi connectivity index (χ3v) is 3.13. The summed E-state index contributed by atoms with van der Waals surface area (Å²) in [6.45, 7) is 0.0880. The average Bonchev–Trinajstić information content (AvgIpc) is 2.51. The minimum atomic E-state index is -3.24. The number of carbonyl (C=O) groups is 1. The van der Waals surface area contributed by atoms with E-state index in [0.717, 1.165) is 4.57 Å². The fraction of sp³-hybridized carbons (Fsp3) is 0.286. The number of rotatable bonds is 6. The first-order valence-corrected chi connectivity index (χ1v) is 6.61. The summed E-state index contributed by atoms with van der Waals surface area (Å²) >= 11 is 0. The summed E-state index contributed by atoms with van der Waals surface area (Å²) in [5.74, 6) is -4.78. The lowest BCUT2D eigenvalue weighted by molar-refractivity contribution is -0.137. The second kappa shape index (κ2) is 6.51. The Morgan fingerprint density at radius 2 is 2.04 bits per heavy atom. The number of halogens is 2. The van der Waals surface area contributed by atoms with Crippen LogP contribution in [-0.2, 0) is 17.3 Å². The van der Waals surface area contributed by atoms with Gasteiger partial charge in [-0.15, -0.1) is 0 Å². The highest BCUT2D eigenvalue weighted by atomic mass is 19.3. The van der Waals surface area contributed by atoms with Gasteiger partial charge >= 0.3 is 5.97 Å². The minimum Gasteiger partial charge on any atom is -0.480 e. The molecular formula is C14H14F2N4O3. The van der Waals surface area contributed by atoms with Gasteiger partial charge in [-0.1, -0.05) is 0 Å². The molecule has 0 radical (unpaired) electrons. The molecule has 7 nitrogen and oxygen atoms in total. The number of alkyl halides is 2. The van der Waals surface area contributed by atoms with E-state index in [2.05, 4.69) is 15.3 Å². The van der Waals surface area contributed by atoms with Crippen LogP contribution in [0.4, 0.5) is 14.6 Å². The van der Waals surface area contributed by atoms with Crippen LogP contribution in [0.5, 0.6) is 0 Å². The molecule has 0 aliphatic heterocycles. The third kappa shape index (κ3) is 3.87. The lowest BCUT2D eigenvalue weighted by Crippen LogP contribution is -2.32. The van der Waals surface area contributed by atoms with Gasteiger partial charge in [0.1, 0.15) is 6.54 Å². The number of nitrogens with zero attached hydrogens (tertiary/aromatic N) is 3. The maximum Gasteiger partial charge on any atom is 0.323 e. The van der Waals surface area contributed by atoms with Crippen molar-refractivity contribution in [2.45, 2.75) is 19.4 Å².